The molecule has 0 aromatic heterocycles. The average Bonchev–Trinajstić information content (AvgIpc) is 3.15. The summed E-state index contributed by atoms with van der Waals surface area (Å²) in [6, 6.07) is 0. The molecule has 4 heteroatoms. The summed E-state index contributed by atoms with van der Waals surface area (Å²) in [7, 11) is 0. The number of carbonyl (C=O) groups is 1. The van der Waals surface area contributed by atoms with Gasteiger partial charge < -0.3 is 15.5 Å². The van der Waals surface area contributed by atoms with Crippen LogP contribution in [-0.4, -0.2) is 55.0 Å². The summed E-state index contributed by atoms with van der Waals surface area (Å²) >= 11 is 0. The largest absolute Gasteiger partial charge is 0.341 e. The van der Waals surface area contributed by atoms with E-state index in [2.05, 4.69) is 16.7 Å². The van der Waals surface area contributed by atoms with E-state index in [-0.39, 0.29) is 5.92 Å². The van der Waals surface area contributed by atoms with Gasteiger partial charge in [0.05, 0.1) is 0 Å². The Morgan fingerprint density at radius 1 is 1.29 bits per heavy atom. The van der Waals surface area contributed by atoms with Gasteiger partial charge in [0.15, 0.2) is 0 Å². The molecule has 1 amide bonds. The minimum atomic E-state index is 0.246. The first-order chi connectivity index (χ1) is 8.22. The smallest absolute Gasteiger partial charge is 0.225 e. The predicted molar refractivity (Wildman–Crippen MR) is 68.6 cm³/mol. The standard InChI is InChI=1S/C13H25N3O/c1-11(12-3-4-12)13(17)16-7-2-6-15(8-5-14)9-10-16/h11-12H,2-10,14H2,1H3. The number of nitrogens with zero attached hydrogens (tertiary/aromatic N) is 2. The summed E-state index contributed by atoms with van der Waals surface area (Å²) in [4.78, 5) is 16.7. The fourth-order valence-corrected chi connectivity index (χ4v) is 2.68. The Labute approximate surface area is 104 Å². The highest BCUT2D eigenvalue weighted by molar-refractivity contribution is 5.79. The highest BCUT2D eigenvalue weighted by Gasteiger charge is 2.35. The third-order valence-corrected chi connectivity index (χ3v) is 4.06. The zero-order chi connectivity index (χ0) is 12.3. The molecule has 0 aromatic carbocycles. The number of amides is 1. The first-order valence-corrected chi connectivity index (χ1v) is 6.93. The van der Waals surface area contributed by atoms with Gasteiger partial charge in [-0.1, -0.05) is 6.92 Å². The Morgan fingerprint density at radius 2 is 2.06 bits per heavy atom. The molecule has 1 saturated carbocycles. The van der Waals surface area contributed by atoms with Gasteiger partial charge in [-0.2, -0.15) is 0 Å². The van der Waals surface area contributed by atoms with Gasteiger partial charge in [0.1, 0.15) is 0 Å². The van der Waals surface area contributed by atoms with Gasteiger partial charge in [-0.25, -0.2) is 0 Å². The molecule has 0 radical (unpaired) electrons. The molecular formula is C13H25N3O. The second-order valence-electron chi connectivity index (χ2n) is 5.44. The number of carbonyl (C=O) groups excluding carboxylic acids is 1. The van der Waals surface area contributed by atoms with Crippen LogP contribution in [0.2, 0.25) is 0 Å². The molecule has 17 heavy (non-hydrogen) atoms. The van der Waals surface area contributed by atoms with Gasteiger partial charge in [0.2, 0.25) is 5.91 Å². The van der Waals surface area contributed by atoms with E-state index in [1.807, 2.05) is 0 Å². The predicted octanol–water partition coefficient (Wildman–Crippen LogP) is 0.526. The van der Waals surface area contributed by atoms with Crippen LogP contribution in [-0.2, 0) is 4.79 Å². The van der Waals surface area contributed by atoms with Gasteiger partial charge >= 0.3 is 0 Å². The maximum Gasteiger partial charge on any atom is 0.225 e. The molecule has 1 aliphatic carbocycles. The molecular weight excluding hydrogens is 214 g/mol. The van der Waals surface area contributed by atoms with E-state index in [9.17, 15) is 4.79 Å². The molecule has 1 heterocycles. The van der Waals surface area contributed by atoms with Crippen LogP contribution in [0.4, 0.5) is 0 Å². The van der Waals surface area contributed by atoms with Crippen molar-refractivity contribution in [1.82, 2.24) is 9.80 Å². The third-order valence-electron chi connectivity index (χ3n) is 4.06. The Bertz CT molecular complexity index is 265. The molecule has 4 nitrogen and oxygen atoms in total. The van der Waals surface area contributed by atoms with Crippen LogP contribution in [0.15, 0.2) is 0 Å². The highest BCUT2D eigenvalue weighted by Crippen LogP contribution is 2.37. The van der Waals surface area contributed by atoms with Gasteiger partial charge in [-0.15, -0.1) is 0 Å². The molecule has 2 fully saturated rings. The van der Waals surface area contributed by atoms with Crippen molar-refractivity contribution in [3.63, 3.8) is 0 Å². The van der Waals surface area contributed by atoms with Crippen molar-refractivity contribution in [2.45, 2.75) is 26.2 Å². The Kier molecular flexibility index (Phi) is 4.40. The first kappa shape index (κ1) is 12.8. The highest BCUT2D eigenvalue weighted by atomic mass is 16.2. The minimum Gasteiger partial charge on any atom is -0.341 e. The zero-order valence-corrected chi connectivity index (χ0v) is 10.9. The van der Waals surface area contributed by atoms with E-state index in [1.54, 1.807) is 0 Å². The summed E-state index contributed by atoms with van der Waals surface area (Å²) in [5, 5.41) is 0. The van der Waals surface area contributed by atoms with Crippen LogP contribution < -0.4 is 5.73 Å². The molecule has 2 N–H and O–H groups in total. The molecule has 0 aromatic rings. The van der Waals surface area contributed by atoms with Crippen LogP contribution in [0.25, 0.3) is 0 Å². The van der Waals surface area contributed by atoms with Crippen LogP contribution in [0.3, 0.4) is 0 Å². The third kappa shape index (κ3) is 3.42. The summed E-state index contributed by atoms with van der Waals surface area (Å²) in [6.45, 7) is 7.65. The van der Waals surface area contributed by atoms with Crippen molar-refractivity contribution in [1.29, 1.82) is 0 Å². The first-order valence-electron chi connectivity index (χ1n) is 6.93. The van der Waals surface area contributed by atoms with Crippen LogP contribution in [0.5, 0.6) is 0 Å². The van der Waals surface area contributed by atoms with Crippen LogP contribution in [0.1, 0.15) is 26.2 Å². The van der Waals surface area contributed by atoms with Crippen molar-refractivity contribution < 1.29 is 4.79 Å². The minimum absolute atomic E-state index is 0.246. The van der Waals surface area contributed by atoms with Gasteiger partial charge in [-0.3, -0.25) is 4.79 Å². The second kappa shape index (κ2) is 5.83. The lowest BCUT2D eigenvalue weighted by Gasteiger charge is -2.24. The van der Waals surface area contributed by atoms with E-state index in [0.717, 1.165) is 39.1 Å². The Hall–Kier alpha value is -0.610. The summed E-state index contributed by atoms with van der Waals surface area (Å²) in [6.07, 6.45) is 3.59. The molecule has 2 rings (SSSR count). The second-order valence-corrected chi connectivity index (χ2v) is 5.44. The SMILES string of the molecule is CC(C(=O)N1CCCN(CCN)CC1)C1CC1. The maximum absolute atomic E-state index is 12.3. The number of hydrogen-bond donors (Lipinski definition) is 1. The number of hydrogen-bond acceptors (Lipinski definition) is 3. The van der Waals surface area contributed by atoms with Crippen molar-refractivity contribution in [2.75, 3.05) is 39.3 Å². The van der Waals surface area contributed by atoms with Crippen molar-refractivity contribution in [3.05, 3.63) is 0 Å². The van der Waals surface area contributed by atoms with E-state index in [0.29, 0.717) is 18.4 Å². The fraction of sp³-hybridized carbons (Fsp3) is 0.923. The lowest BCUT2D eigenvalue weighted by Crippen LogP contribution is -2.39. The van der Waals surface area contributed by atoms with Crippen LogP contribution in [0, 0.1) is 11.8 Å². The summed E-state index contributed by atoms with van der Waals surface area (Å²) in [5.74, 6) is 1.30. The summed E-state index contributed by atoms with van der Waals surface area (Å²) in [5.41, 5.74) is 5.58. The van der Waals surface area contributed by atoms with Crippen molar-refractivity contribution >= 4 is 5.91 Å². The number of nitrogens with two attached hydrogens (primary N) is 1. The monoisotopic (exact) mass is 239 g/mol. The van der Waals surface area contributed by atoms with Gasteiger partial charge in [0.25, 0.3) is 0 Å². The van der Waals surface area contributed by atoms with E-state index < -0.39 is 0 Å². The summed E-state index contributed by atoms with van der Waals surface area (Å²) < 4.78 is 0. The fourth-order valence-electron chi connectivity index (χ4n) is 2.68. The topological polar surface area (TPSA) is 49.6 Å². The normalized spacial score (nSPS) is 24.5. The van der Waals surface area contributed by atoms with Gasteiger partial charge in [0, 0.05) is 38.6 Å². The lowest BCUT2D eigenvalue weighted by molar-refractivity contribution is -0.135. The molecule has 0 bridgehead atoms. The molecule has 98 valence electrons. The number of rotatable bonds is 4. The molecule has 1 aliphatic heterocycles. The van der Waals surface area contributed by atoms with Crippen molar-refractivity contribution in [2.24, 2.45) is 17.6 Å². The molecule has 1 saturated heterocycles. The maximum atomic E-state index is 12.3. The van der Waals surface area contributed by atoms with Gasteiger partial charge in [-0.05, 0) is 31.7 Å². The molecule has 1 unspecified atom stereocenters. The zero-order valence-electron chi connectivity index (χ0n) is 10.9. The van der Waals surface area contributed by atoms with E-state index in [1.165, 1.54) is 12.8 Å². The molecule has 0 spiro atoms. The van der Waals surface area contributed by atoms with E-state index in [4.69, 9.17) is 5.73 Å². The molecule has 1 atom stereocenters. The lowest BCUT2D eigenvalue weighted by atomic mass is 10.0. The Balaban J connectivity index is 1.82. The van der Waals surface area contributed by atoms with Crippen LogP contribution >= 0.6 is 0 Å². The Morgan fingerprint density at radius 3 is 2.71 bits per heavy atom. The van der Waals surface area contributed by atoms with Crippen molar-refractivity contribution in [3.8, 4) is 0 Å². The quantitative estimate of drug-likeness (QED) is 0.778. The average molecular weight is 239 g/mol. The van der Waals surface area contributed by atoms with E-state index >= 15 is 0 Å². The molecule has 2 aliphatic rings.